The van der Waals surface area contributed by atoms with E-state index in [0.29, 0.717) is 31.2 Å². The van der Waals surface area contributed by atoms with E-state index in [1.54, 1.807) is 35.6 Å². The monoisotopic (exact) mass is 528 g/mol. The van der Waals surface area contributed by atoms with E-state index in [0.717, 1.165) is 48.8 Å². The van der Waals surface area contributed by atoms with Crippen LogP contribution in [0.1, 0.15) is 25.8 Å². The fourth-order valence-corrected chi connectivity index (χ4v) is 6.68. The van der Waals surface area contributed by atoms with Gasteiger partial charge in [0.2, 0.25) is 10.0 Å². The number of morpholine rings is 1. The first-order valence-electron chi connectivity index (χ1n) is 12.6. The molecule has 0 unspecified atom stereocenters. The fourth-order valence-electron chi connectivity index (χ4n) is 4.32. The van der Waals surface area contributed by atoms with Gasteiger partial charge in [0, 0.05) is 25.0 Å². The van der Waals surface area contributed by atoms with Crippen LogP contribution < -0.4 is 4.80 Å². The Balaban J connectivity index is 1.62. The Labute approximate surface area is 218 Å². The molecule has 1 aliphatic heterocycles. The highest BCUT2D eigenvalue weighted by Crippen LogP contribution is 2.23. The summed E-state index contributed by atoms with van der Waals surface area (Å²) in [6.07, 6.45) is 1.03. The molecule has 1 aliphatic rings. The normalized spacial score (nSPS) is 15.6. The second-order valence-electron chi connectivity index (χ2n) is 8.92. The number of nitrogens with zero attached hydrogens (tertiary/aromatic N) is 4. The van der Waals surface area contributed by atoms with Gasteiger partial charge in [0.05, 0.1) is 29.5 Å². The summed E-state index contributed by atoms with van der Waals surface area (Å²) in [5.74, 6) is 0. The molecule has 0 saturated carbocycles. The molecule has 0 bridgehead atoms. The van der Waals surface area contributed by atoms with Gasteiger partial charge in [0.25, 0.3) is 0 Å². The highest BCUT2D eigenvalue weighted by molar-refractivity contribution is 7.89. The lowest BCUT2D eigenvalue weighted by Crippen LogP contribution is -2.40. The van der Waals surface area contributed by atoms with Gasteiger partial charge in [0.1, 0.15) is 0 Å². The second-order valence-corrected chi connectivity index (χ2v) is 11.7. The van der Waals surface area contributed by atoms with Crippen molar-refractivity contribution in [3.8, 4) is 11.3 Å². The third-order valence-corrected chi connectivity index (χ3v) is 9.34. The van der Waals surface area contributed by atoms with Gasteiger partial charge >= 0.3 is 0 Å². The molecule has 3 aromatic rings. The minimum absolute atomic E-state index is 0.293. The molecule has 1 fully saturated rings. The van der Waals surface area contributed by atoms with Crippen molar-refractivity contribution in [2.75, 3.05) is 45.9 Å². The molecular formula is C27H36N4O3S2. The summed E-state index contributed by atoms with van der Waals surface area (Å²) in [5.41, 5.74) is 4.31. The van der Waals surface area contributed by atoms with Crippen LogP contribution in [-0.2, 0) is 21.3 Å². The maximum atomic E-state index is 13.0. The van der Waals surface area contributed by atoms with Crippen LogP contribution in [0.4, 0.5) is 5.69 Å². The maximum absolute atomic E-state index is 13.0. The van der Waals surface area contributed by atoms with E-state index in [2.05, 4.69) is 59.9 Å². The summed E-state index contributed by atoms with van der Waals surface area (Å²) in [5, 5.41) is 2.16. The summed E-state index contributed by atoms with van der Waals surface area (Å²) in [6, 6.07) is 15.5. The predicted molar refractivity (Wildman–Crippen MR) is 146 cm³/mol. The van der Waals surface area contributed by atoms with Crippen LogP contribution in [0.15, 0.2) is 63.8 Å². The first-order chi connectivity index (χ1) is 17.4. The number of aromatic nitrogens is 1. The number of hydrogen-bond acceptors (Lipinski definition) is 6. The molecule has 2 heterocycles. The van der Waals surface area contributed by atoms with Crippen LogP contribution >= 0.6 is 11.3 Å². The highest BCUT2D eigenvalue weighted by Gasteiger charge is 2.26. The first kappa shape index (κ1) is 26.8. The van der Waals surface area contributed by atoms with Crippen LogP contribution in [0.2, 0.25) is 0 Å². The summed E-state index contributed by atoms with van der Waals surface area (Å²) in [7, 11) is -3.52. The van der Waals surface area contributed by atoms with Gasteiger partial charge in [-0.2, -0.15) is 4.31 Å². The van der Waals surface area contributed by atoms with Crippen molar-refractivity contribution >= 4 is 27.0 Å². The van der Waals surface area contributed by atoms with E-state index in [9.17, 15) is 8.42 Å². The number of benzene rings is 2. The SMILES string of the molecule is CCN(CC)CCCn1c(-c2ccc(C)cc2)csc1=Nc1ccc(S(=O)(=O)N2CCOCC2)cc1. The molecule has 2 aromatic carbocycles. The summed E-state index contributed by atoms with van der Waals surface area (Å²) in [6.45, 7) is 12.1. The molecule has 1 aromatic heterocycles. The van der Waals surface area contributed by atoms with E-state index in [-0.39, 0.29) is 0 Å². The minimum atomic E-state index is -3.52. The van der Waals surface area contributed by atoms with Gasteiger partial charge in [-0.15, -0.1) is 11.3 Å². The van der Waals surface area contributed by atoms with E-state index in [1.807, 2.05) is 0 Å². The van der Waals surface area contributed by atoms with Crippen molar-refractivity contribution in [3.63, 3.8) is 0 Å². The van der Waals surface area contributed by atoms with Crippen LogP contribution in [0.3, 0.4) is 0 Å². The summed E-state index contributed by atoms with van der Waals surface area (Å²) >= 11 is 1.62. The van der Waals surface area contributed by atoms with Crippen LogP contribution in [0.5, 0.6) is 0 Å². The lowest BCUT2D eigenvalue weighted by molar-refractivity contribution is 0.0730. The zero-order chi connectivity index (χ0) is 25.5. The number of thiazole rings is 1. The van der Waals surface area contributed by atoms with Crippen molar-refractivity contribution < 1.29 is 13.2 Å². The standard InChI is InChI=1S/C27H36N4O3S2/c1-4-29(5-2)15-6-16-31-26(23-9-7-22(3)8-10-23)21-35-27(31)28-24-11-13-25(14-12-24)36(32,33)30-17-19-34-20-18-30/h7-14,21H,4-6,15-20H2,1-3H3. The van der Waals surface area contributed by atoms with E-state index in [4.69, 9.17) is 9.73 Å². The van der Waals surface area contributed by atoms with E-state index in [1.165, 1.54) is 15.4 Å². The summed E-state index contributed by atoms with van der Waals surface area (Å²) < 4.78 is 35.0. The first-order valence-corrected chi connectivity index (χ1v) is 14.9. The quantitative estimate of drug-likeness (QED) is 0.388. The molecule has 0 spiro atoms. The smallest absolute Gasteiger partial charge is 0.243 e. The van der Waals surface area contributed by atoms with Crippen molar-refractivity contribution in [1.29, 1.82) is 0 Å². The van der Waals surface area contributed by atoms with Gasteiger partial charge in [-0.1, -0.05) is 43.7 Å². The van der Waals surface area contributed by atoms with Gasteiger partial charge in [-0.25, -0.2) is 13.4 Å². The van der Waals surface area contributed by atoms with Crippen molar-refractivity contribution in [3.05, 3.63) is 64.3 Å². The van der Waals surface area contributed by atoms with Crippen LogP contribution in [0.25, 0.3) is 11.3 Å². The third kappa shape index (κ3) is 6.33. The molecule has 0 radical (unpaired) electrons. The zero-order valence-corrected chi connectivity index (χ0v) is 23.0. The predicted octanol–water partition coefficient (Wildman–Crippen LogP) is 4.51. The highest BCUT2D eigenvalue weighted by atomic mass is 32.2. The Morgan fingerprint density at radius 3 is 2.31 bits per heavy atom. The van der Waals surface area contributed by atoms with Gasteiger partial charge < -0.3 is 14.2 Å². The molecule has 0 aliphatic carbocycles. The summed E-state index contributed by atoms with van der Waals surface area (Å²) in [4.78, 5) is 8.56. The number of rotatable bonds is 10. The third-order valence-electron chi connectivity index (χ3n) is 6.56. The largest absolute Gasteiger partial charge is 0.379 e. The average molecular weight is 529 g/mol. The minimum Gasteiger partial charge on any atom is -0.379 e. The molecule has 9 heteroatoms. The average Bonchev–Trinajstić information content (AvgIpc) is 3.30. The molecule has 1 saturated heterocycles. The lowest BCUT2D eigenvalue weighted by atomic mass is 10.1. The fraction of sp³-hybridized carbons (Fsp3) is 0.444. The van der Waals surface area contributed by atoms with Crippen molar-refractivity contribution in [2.45, 2.75) is 38.6 Å². The zero-order valence-electron chi connectivity index (χ0n) is 21.4. The van der Waals surface area contributed by atoms with Crippen LogP contribution in [-0.4, -0.2) is 68.1 Å². The number of sulfonamides is 1. The Hall–Kier alpha value is -2.30. The molecule has 0 atom stereocenters. The lowest BCUT2D eigenvalue weighted by Gasteiger charge is -2.26. The Kier molecular flexibility index (Phi) is 9.14. The molecule has 36 heavy (non-hydrogen) atoms. The Morgan fingerprint density at radius 1 is 1.00 bits per heavy atom. The van der Waals surface area contributed by atoms with E-state index >= 15 is 0 Å². The topological polar surface area (TPSA) is 67.1 Å². The van der Waals surface area contributed by atoms with Gasteiger partial charge in [-0.3, -0.25) is 0 Å². The molecule has 0 N–H and O–H groups in total. The van der Waals surface area contributed by atoms with E-state index < -0.39 is 10.0 Å². The number of aryl methyl sites for hydroxylation is 1. The molecule has 0 amide bonds. The number of ether oxygens (including phenoxy) is 1. The molecule has 194 valence electrons. The molecule has 7 nitrogen and oxygen atoms in total. The Morgan fingerprint density at radius 2 is 1.67 bits per heavy atom. The van der Waals surface area contributed by atoms with Gasteiger partial charge in [-0.05, 0) is 62.8 Å². The van der Waals surface area contributed by atoms with Crippen molar-refractivity contribution in [2.24, 2.45) is 4.99 Å². The second kappa shape index (κ2) is 12.3. The van der Waals surface area contributed by atoms with Gasteiger partial charge in [0.15, 0.2) is 4.80 Å². The number of hydrogen-bond donors (Lipinski definition) is 0. The van der Waals surface area contributed by atoms with Crippen molar-refractivity contribution in [1.82, 2.24) is 13.8 Å². The maximum Gasteiger partial charge on any atom is 0.243 e. The molecule has 4 rings (SSSR count). The Bertz CT molecular complexity index is 1290. The molecular weight excluding hydrogens is 492 g/mol. The van der Waals surface area contributed by atoms with Crippen LogP contribution in [0, 0.1) is 6.92 Å².